The summed E-state index contributed by atoms with van der Waals surface area (Å²) in [6.45, 7) is 1.21. The van der Waals surface area contributed by atoms with Gasteiger partial charge in [-0.15, -0.1) is 0 Å². The summed E-state index contributed by atoms with van der Waals surface area (Å²) in [6.07, 6.45) is 1.85. The van der Waals surface area contributed by atoms with Gasteiger partial charge in [0.05, 0.1) is 12.3 Å². The molecule has 0 atom stereocenters. The summed E-state index contributed by atoms with van der Waals surface area (Å²) in [4.78, 5) is 12.9. The van der Waals surface area contributed by atoms with Crippen molar-refractivity contribution in [2.45, 2.75) is 5.16 Å². The maximum Gasteiger partial charge on any atom is 0.189 e. The summed E-state index contributed by atoms with van der Waals surface area (Å²) in [5.41, 5.74) is 7.08. The average Bonchev–Trinajstić information content (AvgIpc) is 2.54. The first-order valence-electron chi connectivity index (χ1n) is 6.51. The number of nitrogen functional groups attached to an aromatic ring is 1. The molecule has 0 radical (unpaired) electrons. The van der Waals surface area contributed by atoms with Crippen molar-refractivity contribution in [1.29, 1.82) is 5.26 Å². The van der Waals surface area contributed by atoms with Gasteiger partial charge in [-0.2, -0.15) is 5.26 Å². The van der Waals surface area contributed by atoms with Gasteiger partial charge >= 0.3 is 0 Å². The number of ether oxygens (including phenoxy) is 1. The van der Waals surface area contributed by atoms with Crippen LogP contribution < -0.4 is 11.1 Å². The number of nitrogens with one attached hydrogen (secondary N) is 1. The fourth-order valence-electron chi connectivity index (χ4n) is 1.79. The quantitative estimate of drug-likeness (QED) is 0.471. The van der Waals surface area contributed by atoms with E-state index in [2.05, 4.69) is 20.3 Å². The van der Waals surface area contributed by atoms with E-state index in [-0.39, 0.29) is 11.4 Å². The van der Waals surface area contributed by atoms with Gasteiger partial charge in [0.2, 0.25) is 0 Å². The van der Waals surface area contributed by atoms with E-state index >= 15 is 0 Å². The molecule has 22 heavy (non-hydrogen) atoms. The molecule has 3 N–H and O–H groups in total. The minimum atomic E-state index is 0.163. The molecule has 114 valence electrons. The molecule has 8 heteroatoms. The zero-order valence-corrected chi connectivity index (χ0v) is 13.1. The third-order valence-corrected chi connectivity index (χ3v) is 3.36. The number of hydrogen-bond donors (Lipinski definition) is 2. The highest BCUT2D eigenvalue weighted by Crippen LogP contribution is 2.26. The lowest BCUT2D eigenvalue weighted by atomic mass is 10.1. The van der Waals surface area contributed by atoms with E-state index < -0.39 is 0 Å². The number of nitriles is 1. The Morgan fingerprint density at radius 3 is 2.86 bits per heavy atom. The molecule has 0 bridgehead atoms. The van der Waals surface area contributed by atoms with Crippen molar-refractivity contribution >= 4 is 23.4 Å². The van der Waals surface area contributed by atoms with Crippen molar-refractivity contribution in [3.05, 3.63) is 23.8 Å². The Bertz CT molecular complexity index is 700. The molecule has 0 aliphatic heterocycles. The lowest BCUT2D eigenvalue weighted by Crippen LogP contribution is -2.09. The van der Waals surface area contributed by atoms with Gasteiger partial charge in [0.25, 0.3) is 0 Å². The van der Waals surface area contributed by atoms with E-state index in [4.69, 9.17) is 10.5 Å². The average molecular weight is 316 g/mol. The second kappa shape index (κ2) is 7.59. The van der Waals surface area contributed by atoms with Crippen molar-refractivity contribution in [3.8, 4) is 17.5 Å². The van der Waals surface area contributed by atoms with Crippen LogP contribution in [0.1, 0.15) is 5.56 Å². The Labute approximate surface area is 132 Å². The fourth-order valence-corrected chi connectivity index (χ4v) is 2.16. The molecule has 2 aromatic rings. The van der Waals surface area contributed by atoms with Gasteiger partial charge in [-0.05, 0) is 18.4 Å². The van der Waals surface area contributed by atoms with Crippen LogP contribution in [0, 0.1) is 11.3 Å². The first-order valence-corrected chi connectivity index (χ1v) is 7.74. The summed E-state index contributed by atoms with van der Waals surface area (Å²) in [7, 11) is 1.64. The molecule has 0 saturated heterocycles. The van der Waals surface area contributed by atoms with E-state index in [9.17, 15) is 5.26 Å². The van der Waals surface area contributed by atoms with Crippen LogP contribution in [0.15, 0.2) is 23.4 Å². The normalized spacial score (nSPS) is 10.2. The zero-order valence-electron chi connectivity index (χ0n) is 12.3. The topological polar surface area (TPSA) is 110 Å². The lowest BCUT2D eigenvalue weighted by Gasteiger charge is -2.09. The number of hydrogen-bond acceptors (Lipinski definition) is 8. The van der Waals surface area contributed by atoms with E-state index in [1.165, 1.54) is 11.8 Å². The molecule has 0 fully saturated rings. The van der Waals surface area contributed by atoms with Crippen LogP contribution in [0.5, 0.6) is 0 Å². The van der Waals surface area contributed by atoms with Crippen LogP contribution in [0.2, 0.25) is 0 Å². The van der Waals surface area contributed by atoms with Gasteiger partial charge in [0.15, 0.2) is 5.16 Å². The highest BCUT2D eigenvalue weighted by atomic mass is 32.2. The second-order valence-corrected chi connectivity index (χ2v) is 5.03. The minimum absolute atomic E-state index is 0.163. The molecule has 2 rings (SSSR count). The maximum atomic E-state index is 9.29. The number of aromatic nitrogens is 3. The summed E-state index contributed by atoms with van der Waals surface area (Å²) >= 11 is 1.36. The molecule has 2 heterocycles. The second-order valence-electron chi connectivity index (χ2n) is 4.26. The summed E-state index contributed by atoms with van der Waals surface area (Å²) in [5.74, 6) is 0.845. The smallest absolute Gasteiger partial charge is 0.189 e. The van der Waals surface area contributed by atoms with Crippen LogP contribution in [-0.2, 0) is 4.74 Å². The molecule has 0 aliphatic rings. The molecular formula is C14H16N6OS. The van der Waals surface area contributed by atoms with Gasteiger partial charge in [-0.3, -0.25) is 0 Å². The molecule has 0 spiro atoms. The van der Waals surface area contributed by atoms with Gasteiger partial charge in [0.1, 0.15) is 29.0 Å². The zero-order chi connectivity index (χ0) is 15.9. The number of rotatable bonds is 6. The Morgan fingerprint density at radius 2 is 2.18 bits per heavy atom. The first kappa shape index (κ1) is 16.0. The van der Waals surface area contributed by atoms with Crippen molar-refractivity contribution in [1.82, 2.24) is 15.0 Å². The number of nitrogens with zero attached hydrogens (tertiary/aromatic N) is 4. The van der Waals surface area contributed by atoms with Gasteiger partial charge < -0.3 is 15.8 Å². The van der Waals surface area contributed by atoms with Crippen molar-refractivity contribution in [2.75, 3.05) is 37.6 Å². The van der Waals surface area contributed by atoms with Gasteiger partial charge in [-0.25, -0.2) is 15.0 Å². The van der Waals surface area contributed by atoms with E-state index in [0.29, 0.717) is 35.5 Å². The minimum Gasteiger partial charge on any atom is -0.383 e. The molecule has 0 aromatic carbocycles. The predicted octanol–water partition coefficient (Wildman–Crippen LogP) is 1.77. The third kappa shape index (κ3) is 3.63. The SMILES string of the molecule is COCCNc1cccc(-c2nc(SC)nc(N)c2C#N)n1. The lowest BCUT2D eigenvalue weighted by molar-refractivity contribution is 0.210. The molecule has 0 amide bonds. The Hall–Kier alpha value is -2.37. The number of thioether (sulfide) groups is 1. The molecule has 0 unspecified atom stereocenters. The molecular weight excluding hydrogens is 300 g/mol. The van der Waals surface area contributed by atoms with Crippen molar-refractivity contribution in [2.24, 2.45) is 0 Å². The summed E-state index contributed by atoms with van der Waals surface area (Å²) in [6, 6.07) is 7.51. The standard InChI is InChI=1S/C14H16N6OS/c1-21-7-6-17-11-5-3-4-10(18-11)12-9(8-15)13(16)20-14(19-12)22-2/h3-5H,6-7H2,1-2H3,(H,17,18)(H2,16,19,20). The van der Waals surface area contributed by atoms with Gasteiger partial charge in [-0.1, -0.05) is 17.8 Å². The molecule has 7 nitrogen and oxygen atoms in total. The van der Waals surface area contributed by atoms with Crippen LogP contribution >= 0.6 is 11.8 Å². The highest BCUT2D eigenvalue weighted by Gasteiger charge is 2.15. The highest BCUT2D eigenvalue weighted by molar-refractivity contribution is 7.98. The Balaban J connectivity index is 2.41. The number of anilines is 2. The number of methoxy groups -OCH3 is 1. The van der Waals surface area contributed by atoms with Crippen LogP contribution in [-0.4, -0.2) is 41.5 Å². The summed E-state index contributed by atoms with van der Waals surface area (Å²) < 4.78 is 4.99. The van der Waals surface area contributed by atoms with Gasteiger partial charge in [0, 0.05) is 13.7 Å². The van der Waals surface area contributed by atoms with E-state index in [0.717, 1.165) is 0 Å². The van der Waals surface area contributed by atoms with E-state index in [1.54, 1.807) is 13.2 Å². The molecule has 0 aliphatic carbocycles. The van der Waals surface area contributed by atoms with Crippen LogP contribution in [0.3, 0.4) is 0 Å². The molecule has 2 aromatic heterocycles. The number of pyridine rings is 1. The predicted molar refractivity (Wildman–Crippen MR) is 86.5 cm³/mol. The third-order valence-electron chi connectivity index (χ3n) is 2.81. The largest absolute Gasteiger partial charge is 0.383 e. The maximum absolute atomic E-state index is 9.29. The fraction of sp³-hybridized carbons (Fsp3) is 0.286. The van der Waals surface area contributed by atoms with E-state index in [1.807, 2.05) is 24.5 Å². The van der Waals surface area contributed by atoms with Crippen LogP contribution in [0.4, 0.5) is 11.6 Å². The Kier molecular flexibility index (Phi) is 5.52. The summed E-state index contributed by atoms with van der Waals surface area (Å²) in [5, 5.41) is 12.9. The number of nitrogens with two attached hydrogens (primary N) is 1. The Morgan fingerprint density at radius 1 is 1.36 bits per heavy atom. The van der Waals surface area contributed by atoms with Crippen LogP contribution in [0.25, 0.3) is 11.4 Å². The monoisotopic (exact) mass is 316 g/mol. The molecule has 0 saturated carbocycles. The first-order chi connectivity index (χ1) is 10.7. The van der Waals surface area contributed by atoms with Crippen molar-refractivity contribution in [3.63, 3.8) is 0 Å². The van der Waals surface area contributed by atoms with Crippen molar-refractivity contribution < 1.29 is 4.74 Å².